The molecular weight excluding hydrogens is 267 g/mol. The third-order valence-corrected chi connectivity index (χ3v) is 4.17. The maximum atomic E-state index is 14.0. The van der Waals surface area contributed by atoms with Gasteiger partial charge in [-0.3, -0.25) is 4.90 Å². The topological polar surface area (TPSA) is 24.5 Å². The minimum Gasteiger partial charge on any atom is -0.373 e. The minimum atomic E-state index is -0.133. The Bertz CT molecular complexity index is 464. The summed E-state index contributed by atoms with van der Waals surface area (Å²) in [7, 11) is 1.90. The normalized spacial score (nSPS) is 22.0. The second kappa shape index (κ2) is 6.86. The Morgan fingerprint density at radius 3 is 2.71 bits per heavy atom. The second-order valence-corrected chi connectivity index (χ2v) is 6.61. The number of nitrogens with zero attached hydrogens (tertiary/aromatic N) is 1. The van der Waals surface area contributed by atoms with Crippen molar-refractivity contribution >= 4 is 0 Å². The quantitative estimate of drug-likeness (QED) is 0.904. The van der Waals surface area contributed by atoms with Gasteiger partial charge in [-0.25, -0.2) is 4.39 Å². The molecule has 1 aromatic rings. The van der Waals surface area contributed by atoms with Crippen LogP contribution < -0.4 is 5.32 Å². The molecule has 0 amide bonds. The fourth-order valence-electron chi connectivity index (χ4n) is 3.26. The van der Waals surface area contributed by atoms with Gasteiger partial charge >= 0.3 is 0 Å². The van der Waals surface area contributed by atoms with Gasteiger partial charge in [0.15, 0.2) is 0 Å². The van der Waals surface area contributed by atoms with Crippen molar-refractivity contribution in [1.82, 2.24) is 10.2 Å². The SMILES string of the molecule is CNC(c1ccccc1F)C(C)CN1CCOC(C)(C)C1. The Labute approximate surface area is 127 Å². The van der Waals surface area contributed by atoms with E-state index in [1.54, 1.807) is 6.07 Å². The van der Waals surface area contributed by atoms with Crippen LogP contribution >= 0.6 is 0 Å². The lowest BCUT2D eigenvalue weighted by molar-refractivity contribution is -0.0893. The number of hydrogen-bond acceptors (Lipinski definition) is 3. The predicted molar refractivity (Wildman–Crippen MR) is 83.8 cm³/mol. The molecule has 1 fully saturated rings. The molecule has 0 aliphatic carbocycles. The molecule has 118 valence electrons. The number of halogens is 1. The van der Waals surface area contributed by atoms with Crippen molar-refractivity contribution in [3.63, 3.8) is 0 Å². The first-order valence-corrected chi connectivity index (χ1v) is 7.71. The highest BCUT2D eigenvalue weighted by atomic mass is 19.1. The zero-order valence-corrected chi connectivity index (χ0v) is 13.5. The summed E-state index contributed by atoms with van der Waals surface area (Å²) in [5.41, 5.74) is 0.658. The molecule has 1 heterocycles. The minimum absolute atomic E-state index is 0.0251. The van der Waals surface area contributed by atoms with E-state index in [9.17, 15) is 4.39 Å². The van der Waals surface area contributed by atoms with Crippen molar-refractivity contribution < 1.29 is 9.13 Å². The number of nitrogens with one attached hydrogen (secondary N) is 1. The Balaban J connectivity index is 2.04. The monoisotopic (exact) mass is 294 g/mol. The standard InChI is InChI=1S/C17H27FN2O/c1-13(11-20-9-10-21-17(2,3)12-20)16(19-4)14-7-5-6-8-15(14)18/h5-8,13,16,19H,9-12H2,1-4H3. The van der Waals surface area contributed by atoms with E-state index < -0.39 is 0 Å². The van der Waals surface area contributed by atoms with E-state index in [4.69, 9.17) is 4.74 Å². The molecule has 2 unspecified atom stereocenters. The van der Waals surface area contributed by atoms with Gasteiger partial charge in [0.1, 0.15) is 5.82 Å². The van der Waals surface area contributed by atoms with Crippen molar-refractivity contribution in [3.05, 3.63) is 35.6 Å². The summed E-state index contributed by atoms with van der Waals surface area (Å²) in [5, 5.41) is 3.27. The van der Waals surface area contributed by atoms with Gasteiger partial charge in [0.25, 0.3) is 0 Å². The highest BCUT2D eigenvalue weighted by Crippen LogP contribution is 2.26. The number of hydrogen-bond donors (Lipinski definition) is 1. The largest absolute Gasteiger partial charge is 0.373 e. The van der Waals surface area contributed by atoms with Gasteiger partial charge in [0.05, 0.1) is 12.2 Å². The van der Waals surface area contributed by atoms with E-state index >= 15 is 0 Å². The van der Waals surface area contributed by atoms with Crippen LogP contribution in [0.1, 0.15) is 32.4 Å². The average molecular weight is 294 g/mol. The molecule has 0 saturated carbocycles. The van der Waals surface area contributed by atoms with Crippen LogP contribution in [0.3, 0.4) is 0 Å². The van der Waals surface area contributed by atoms with Crippen LogP contribution in [-0.4, -0.2) is 43.8 Å². The lowest BCUT2D eigenvalue weighted by Crippen LogP contribution is -2.50. The van der Waals surface area contributed by atoms with Crippen molar-refractivity contribution in [1.29, 1.82) is 0 Å². The molecule has 1 aliphatic heterocycles. The van der Waals surface area contributed by atoms with Crippen LogP contribution in [-0.2, 0) is 4.74 Å². The molecular formula is C17H27FN2O. The zero-order chi connectivity index (χ0) is 15.5. The van der Waals surface area contributed by atoms with Crippen molar-refractivity contribution in [2.24, 2.45) is 5.92 Å². The van der Waals surface area contributed by atoms with Crippen LogP contribution in [0.2, 0.25) is 0 Å². The first-order chi connectivity index (χ1) is 9.93. The number of benzene rings is 1. The summed E-state index contributed by atoms with van der Waals surface area (Å²) in [6.07, 6.45) is 0. The first kappa shape index (κ1) is 16.4. The highest BCUT2D eigenvalue weighted by molar-refractivity contribution is 5.21. The Morgan fingerprint density at radius 2 is 2.10 bits per heavy atom. The molecule has 3 nitrogen and oxygen atoms in total. The molecule has 1 aromatic carbocycles. The molecule has 0 aromatic heterocycles. The highest BCUT2D eigenvalue weighted by Gasteiger charge is 2.29. The summed E-state index contributed by atoms with van der Waals surface area (Å²) in [4.78, 5) is 2.42. The van der Waals surface area contributed by atoms with Crippen LogP contribution in [0, 0.1) is 11.7 Å². The Morgan fingerprint density at radius 1 is 1.38 bits per heavy atom. The Kier molecular flexibility index (Phi) is 5.36. The fraction of sp³-hybridized carbons (Fsp3) is 0.647. The van der Waals surface area contributed by atoms with Gasteiger partial charge < -0.3 is 10.1 Å². The summed E-state index contributed by atoms with van der Waals surface area (Å²) >= 11 is 0. The van der Waals surface area contributed by atoms with Crippen LogP contribution in [0.4, 0.5) is 4.39 Å². The molecule has 2 atom stereocenters. The molecule has 1 aliphatic rings. The summed E-state index contributed by atoms with van der Waals surface area (Å²) < 4.78 is 19.8. The number of rotatable bonds is 5. The van der Waals surface area contributed by atoms with E-state index in [-0.39, 0.29) is 17.5 Å². The van der Waals surface area contributed by atoms with E-state index in [0.29, 0.717) is 5.92 Å². The van der Waals surface area contributed by atoms with Gasteiger partial charge in [-0.1, -0.05) is 25.1 Å². The van der Waals surface area contributed by atoms with Crippen molar-refractivity contribution in [2.75, 3.05) is 33.3 Å². The van der Waals surface area contributed by atoms with E-state index in [1.165, 1.54) is 6.07 Å². The third-order valence-electron chi connectivity index (χ3n) is 4.17. The predicted octanol–water partition coefficient (Wildman–Crippen LogP) is 2.83. The molecule has 1 N–H and O–H groups in total. The smallest absolute Gasteiger partial charge is 0.127 e. The van der Waals surface area contributed by atoms with Crippen molar-refractivity contribution in [2.45, 2.75) is 32.4 Å². The molecule has 0 spiro atoms. The zero-order valence-electron chi connectivity index (χ0n) is 13.5. The van der Waals surface area contributed by atoms with Crippen LogP contribution in [0.15, 0.2) is 24.3 Å². The molecule has 0 bridgehead atoms. The van der Waals surface area contributed by atoms with Gasteiger partial charge in [0, 0.05) is 31.2 Å². The molecule has 4 heteroatoms. The van der Waals surface area contributed by atoms with Crippen LogP contribution in [0.5, 0.6) is 0 Å². The Hall–Kier alpha value is -0.970. The lowest BCUT2D eigenvalue weighted by Gasteiger charge is -2.40. The van der Waals surface area contributed by atoms with Gasteiger partial charge in [-0.15, -0.1) is 0 Å². The van der Waals surface area contributed by atoms with Gasteiger partial charge in [-0.05, 0) is 32.9 Å². The van der Waals surface area contributed by atoms with Crippen molar-refractivity contribution in [3.8, 4) is 0 Å². The molecule has 2 rings (SSSR count). The average Bonchev–Trinajstić information content (AvgIpc) is 2.40. The molecule has 21 heavy (non-hydrogen) atoms. The summed E-state index contributed by atoms with van der Waals surface area (Å²) in [6.45, 7) is 9.99. The van der Waals surface area contributed by atoms with Crippen LogP contribution in [0.25, 0.3) is 0 Å². The third kappa shape index (κ3) is 4.25. The lowest BCUT2D eigenvalue weighted by atomic mass is 9.93. The van der Waals surface area contributed by atoms with E-state index in [2.05, 4.69) is 31.0 Å². The van der Waals surface area contributed by atoms with E-state index in [1.807, 2.05) is 19.2 Å². The first-order valence-electron chi connectivity index (χ1n) is 7.71. The number of morpholine rings is 1. The fourth-order valence-corrected chi connectivity index (χ4v) is 3.26. The maximum Gasteiger partial charge on any atom is 0.127 e. The second-order valence-electron chi connectivity index (χ2n) is 6.61. The summed E-state index contributed by atoms with van der Waals surface area (Å²) in [6, 6.07) is 7.06. The molecule has 1 saturated heterocycles. The van der Waals surface area contributed by atoms with Gasteiger partial charge in [-0.2, -0.15) is 0 Å². The number of ether oxygens (including phenoxy) is 1. The molecule has 0 radical (unpaired) electrons. The van der Waals surface area contributed by atoms with Gasteiger partial charge in [0.2, 0.25) is 0 Å². The summed E-state index contributed by atoms with van der Waals surface area (Å²) in [5.74, 6) is 0.187. The maximum absolute atomic E-state index is 14.0. The van der Waals surface area contributed by atoms with E-state index in [0.717, 1.165) is 31.8 Å².